The fourth-order valence-electron chi connectivity index (χ4n) is 7.78. The lowest BCUT2D eigenvalue weighted by Crippen LogP contribution is -2.30. The van der Waals surface area contributed by atoms with E-state index in [9.17, 15) is 24.6 Å². The van der Waals surface area contributed by atoms with Gasteiger partial charge in [-0.15, -0.1) is 11.6 Å². The summed E-state index contributed by atoms with van der Waals surface area (Å²) < 4.78 is 22.2. The number of aromatic amines is 3. The van der Waals surface area contributed by atoms with E-state index in [2.05, 4.69) is 15.0 Å². The monoisotopic (exact) mass is 759 g/mol. The number of halogens is 1. The van der Waals surface area contributed by atoms with Crippen molar-refractivity contribution in [2.45, 2.75) is 12.3 Å². The Hall–Kier alpha value is -5.67. The highest BCUT2D eigenvalue weighted by molar-refractivity contribution is 8.13. The molecule has 274 valence electrons. The highest BCUT2D eigenvalue weighted by atomic mass is 35.5. The van der Waals surface area contributed by atoms with Crippen molar-refractivity contribution in [3.63, 3.8) is 0 Å². The maximum Gasteiger partial charge on any atom is 0.274 e. The molecule has 2 aliphatic rings. The number of H-pyrrole nitrogens is 3. The molecule has 0 radical (unpaired) electrons. The van der Waals surface area contributed by atoms with Gasteiger partial charge in [0.15, 0.2) is 23.0 Å². The fraction of sp³-hybridized carbons (Fsp3) is 0.270. The molecule has 0 aliphatic carbocycles. The Labute approximate surface area is 310 Å². The fourth-order valence-corrected chi connectivity index (χ4v) is 8.36. The summed E-state index contributed by atoms with van der Waals surface area (Å²) in [5, 5.41) is 24.3. The number of thioether (sulfide) groups is 1. The number of nitrogens with one attached hydrogen (secondary N) is 3. The summed E-state index contributed by atoms with van der Waals surface area (Å²) in [7, 11) is 5.92. The van der Waals surface area contributed by atoms with Crippen LogP contribution in [0, 0.1) is 0 Å². The molecule has 0 saturated carbocycles. The average Bonchev–Trinajstić information content (AvgIpc) is 4.00. The van der Waals surface area contributed by atoms with Gasteiger partial charge in [-0.3, -0.25) is 14.4 Å². The molecule has 0 spiro atoms. The van der Waals surface area contributed by atoms with E-state index >= 15 is 0 Å². The van der Waals surface area contributed by atoms with Crippen molar-refractivity contribution in [1.82, 2.24) is 15.0 Å². The predicted octanol–water partition coefficient (Wildman–Crippen LogP) is 6.27. The van der Waals surface area contributed by atoms with Crippen LogP contribution >= 0.6 is 23.4 Å². The quantitative estimate of drug-likeness (QED) is 0.111. The van der Waals surface area contributed by atoms with E-state index in [4.69, 9.17) is 30.5 Å². The molecule has 2 aliphatic heterocycles. The third-order valence-corrected chi connectivity index (χ3v) is 11.1. The normalized spacial score (nSPS) is 15.0. The molecule has 53 heavy (non-hydrogen) atoms. The first-order valence-corrected chi connectivity index (χ1v) is 18.3. The van der Waals surface area contributed by atoms with Crippen molar-refractivity contribution in [1.29, 1.82) is 0 Å². The molecule has 2 amide bonds. The Morgan fingerprint density at radius 3 is 2.15 bits per heavy atom. The molecule has 0 fully saturated rings. The number of amides is 2. The number of alkyl halides is 1. The van der Waals surface area contributed by atoms with Gasteiger partial charge >= 0.3 is 0 Å². The SMILES string of the molecule is COc1cc2cc(C(=O)N3C[C@@H](CCl)c4c3cc(O)c3cc(C(=O)N5CCc6c5c(O)c(OC)c5[nH]c(C(=O)SC)cc65)[nH]c43)[nH]c2c(OC)c1OC. The Morgan fingerprint density at radius 1 is 0.811 bits per heavy atom. The van der Waals surface area contributed by atoms with Crippen LogP contribution in [-0.2, 0) is 6.42 Å². The number of hydrogen-bond donors (Lipinski definition) is 5. The van der Waals surface area contributed by atoms with Gasteiger partial charge in [0.2, 0.25) is 10.9 Å². The maximum atomic E-state index is 14.2. The van der Waals surface area contributed by atoms with E-state index in [1.807, 2.05) is 0 Å². The number of ether oxygens (including phenoxy) is 4. The summed E-state index contributed by atoms with van der Waals surface area (Å²) in [6.07, 6.45) is 2.11. The van der Waals surface area contributed by atoms with Gasteiger partial charge in [-0.25, -0.2) is 0 Å². The second kappa shape index (κ2) is 12.8. The number of aromatic nitrogens is 3. The van der Waals surface area contributed by atoms with E-state index in [1.54, 1.807) is 35.4 Å². The molecular formula is C37H34ClN5O9S. The van der Waals surface area contributed by atoms with Crippen molar-refractivity contribution in [2.75, 3.05) is 63.5 Å². The molecule has 5 N–H and O–H groups in total. The van der Waals surface area contributed by atoms with Crippen LogP contribution in [0.3, 0.4) is 0 Å². The first-order chi connectivity index (χ1) is 25.6. The molecule has 5 heterocycles. The van der Waals surface area contributed by atoms with Gasteiger partial charge in [-0.05, 0) is 42.5 Å². The van der Waals surface area contributed by atoms with Crippen molar-refractivity contribution in [2.24, 2.45) is 0 Å². The standard InChI is InChI=1S/C37H34ClN5O9S/c1-49-25-9-15-8-20(39-27(15)34(52-4)32(25)50-2)36(47)43-14-16(13-38)26-23(43)12-24(44)19-11-21(40-28(19)26)35(46)42-7-6-17-18-10-22(37(48)53-5)41-29(18)33(51-3)31(45)30(17)42/h8-12,16,39-41,44-45H,6-7,13-14H2,1-5H3/t16-/m1/s1. The molecule has 3 aromatic carbocycles. The molecule has 14 nitrogen and oxygen atoms in total. The Morgan fingerprint density at radius 2 is 1.47 bits per heavy atom. The highest BCUT2D eigenvalue weighted by Gasteiger charge is 2.38. The molecule has 0 saturated heterocycles. The van der Waals surface area contributed by atoms with E-state index in [0.29, 0.717) is 78.9 Å². The minimum Gasteiger partial charge on any atom is -0.507 e. The summed E-state index contributed by atoms with van der Waals surface area (Å²) in [5.74, 6) is -0.0431. The third-order valence-electron chi connectivity index (χ3n) is 10.1. The van der Waals surface area contributed by atoms with E-state index < -0.39 is 5.91 Å². The van der Waals surface area contributed by atoms with Gasteiger partial charge in [-0.1, -0.05) is 11.8 Å². The van der Waals surface area contributed by atoms with Crippen molar-refractivity contribution in [3.05, 3.63) is 58.5 Å². The molecule has 6 aromatic rings. The molecule has 8 rings (SSSR count). The first kappa shape index (κ1) is 34.4. The molecular weight excluding hydrogens is 726 g/mol. The lowest BCUT2D eigenvalue weighted by molar-refractivity contribution is 0.0977. The van der Waals surface area contributed by atoms with Crippen molar-refractivity contribution >= 4 is 84.4 Å². The number of fused-ring (bicyclic) bond motifs is 7. The maximum absolute atomic E-state index is 14.2. The summed E-state index contributed by atoms with van der Waals surface area (Å²) in [6.45, 7) is 0.471. The summed E-state index contributed by atoms with van der Waals surface area (Å²) in [5.41, 5.74) is 4.39. The second-order valence-corrected chi connectivity index (χ2v) is 13.8. The molecule has 1 atom stereocenters. The number of benzene rings is 3. The van der Waals surface area contributed by atoms with Gasteiger partial charge in [-0.2, -0.15) is 0 Å². The molecule has 0 unspecified atom stereocenters. The first-order valence-electron chi connectivity index (χ1n) is 16.5. The van der Waals surface area contributed by atoms with Gasteiger partial charge in [0.25, 0.3) is 11.8 Å². The predicted molar refractivity (Wildman–Crippen MR) is 203 cm³/mol. The summed E-state index contributed by atoms with van der Waals surface area (Å²) in [6, 6.07) is 8.23. The zero-order valence-electron chi connectivity index (χ0n) is 29.2. The van der Waals surface area contributed by atoms with Crippen molar-refractivity contribution in [3.8, 4) is 34.5 Å². The third kappa shape index (κ3) is 4.97. The van der Waals surface area contributed by atoms with E-state index in [1.165, 1.54) is 39.4 Å². The molecule has 3 aromatic heterocycles. The summed E-state index contributed by atoms with van der Waals surface area (Å²) in [4.78, 5) is 53.4. The Kier molecular flexibility index (Phi) is 8.29. The van der Waals surface area contributed by atoms with Crippen LogP contribution in [-0.4, -0.2) is 95.8 Å². The number of rotatable bonds is 8. The minimum absolute atomic E-state index is 0.118. The second-order valence-electron chi connectivity index (χ2n) is 12.7. The van der Waals surface area contributed by atoms with Crippen LogP contribution in [0.5, 0.6) is 34.5 Å². The highest BCUT2D eigenvalue weighted by Crippen LogP contribution is 2.51. The lowest BCUT2D eigenvalue weighted by atomic mass is 10.00. The van der Waals surface area contributed by atoms with Gasteiger partial charge in [0.05, 0.1) is 62.1 Å². The van der Waals surface area contributed by atoms with Crippen LogP contribution in [0.25, 0.3) is 32.7 Å². The van der Waals surface area contributed by atoms with E-state index in [0.717, 1.165) is 11.8 Å². The zero-order valence-corrected chi connectivity index (χ0v) is 30.8. The van der Waals surface area contributed by atoms with E-state index in [-0.39, 0.29) is 70.2 Å². The number of hydrogen-bond acceptors (Lipinski definition) is 10. The van der Waals surface area contributed by atoms with Crippen LogP contribution in [0.4, 0.5) is 11.4 Å². The number of carbonyl (C=O) groups excluding carboxylic acids is 3. The Balaban J connectivity index is 1.19. The van der Waals surface area contributed by atoms with Crippen LogP contribution in [0.1, 0.15) is 48.5 Å². The number of phenolic OH excluding ortho intramolecular Hbond substituents is 2. The Bertz CT molecular complexity index is 2540. The van der Waals surface area contributed by atoms with Crippen molar-refractivity contribution < 1.29 is 43.5 Å². The molecule has 16 heteroatoms. The smallest absolute Gasteiger partial charge is 0.274 e. The van der Waals surface area contributed by atoms with Crippen LogP contribution in [0.2, 0.25) is 0 Å². The van der Waals surface area contributed by atoms with Gasteiger partial charge < -0.3 is 53.9 Å². The number of methoxy groups -OCH3 is 4. The lowest BCUT2D eigenvalue weighted by Gasteiger charge is -2.19. The topological polar surface area (TPSA) is 182 Å². The number of nitrogens with zero attached hydrogens (tertiary/aromatic N) is 2. The van der Waals surface area contributed by atoms with Gasteiger partial charge in [0.1, 0.15) is 17.1 Å². The zero-order chi connectivity index (χ0) is 37.5. The number of carbonyl (C=O) groups is 3. The minimum atomic E-state index is -0.452. The average molecular weight is 760 g/mol. The largest absolute Gasteiger partial charge is 0.507 e. The molecule has 0 bridgehead atoms. The van der Waals surface area contributed by atoms with Gasteiger partial charge in [0, 0.05) is 52.7 Å². The number of anilines is 2. The van der Waals surface area contributed by atoms with Crippen LogP contribution in [0.15, 0.2) is 30.3 Å². The summed E-state index contributed by atoms with van der Waals surface area (Å²) >= 11 is 7.57. The number of phenols is 2. The van der Waals surface area contributed by atoms with Crippen LogP contribution < -0.4 is 28.7 Å². The number of aromatic hydroxyl groups is 2.